The van der Waals surface area contributed by atoms with Crippen molar-refractivity contribution in [2.45, 2.75) is 71.3 Å². The van der Waals surface area contributed by atoms with Crippen LogP contribution in [0.4, 0.5) is 27.1 Å². The molecule has 4 aromatic rings. The van der Waals surface area contributed by atoms with Crippen LogP contribution in [0.25, 0.3) is 0 Å². The minimum absolute atomic E-state index is 0.0371. The molecule has 74 heavy (non-hydrogen) atoms. The molecule has 25 heteroatoms. The maximum atomic E-state index is 14.5. The highest BCUT2D eigenvalue weighted by Gasteiger charge is 2.33. The van der Waals surface area contributed by atoms with E-state index in [1.165, 1.54) is 28.6 Å². The number of aromatic nitrogens is 2. The number of halogens is 4. The first kappa shape index (κ1) is 63.6. The molecule has 0 bridgehead atoms. The molecule has 0 spiro atoms. The number of carbonyl (C=O) groups excluding carboxylic acids is 3. The summed E-state index contributed by atoms with van der Waals surface area (Å²) < 4.78 is 46.9. The number of alkyl halides is 3. The van der Waals surface area contributed by atoms with E-state index in [1.54, 1.807) is 16.9 Å². The van der Waals surface area contributed by atoms with Crippen LogP contribution < -0.4 is 39.2 Å². The number of benzene rings is 3. The van der Waals surface area contributed by atoms with Gasteiger partial charge in [0.15, 0.2) is 17.3 Å². The van der Waals surface area contributed by atoms with Gasteiger partial charge in [0.1, 0.15) is 49.8 Å². The zero-order valence-electron chi connectivity index (χ0n) is 42.7. The van der Waals surface area contributed by atoms with Crippen molar-refractivity contribution in [2.75, 3.05) is 85.8 Å². The number of carboxylic acid groups (broad SMARTS) is 1. The first-order valence-electron chi connectivity index (χ1n) is 22.9. The van der Waals surface area contributed by atoms with Crippen molar-refractivity contribution >= 4 is 111 Å². The quantitative estimate of drug-likeness (QED) is 0.0427. The summed E-state index contributed by atoms with van der Waals surface area (Å²) in [5.41, 5.74) is 4.64. The van der Waals surface area contributed by atoms with Crippen molar-refractivity contribution < 1.29 is 57.2 Å². The van der Waals surface area contributed by atoms with Crippen LogP contribution in [0.2, 0.25) is 0 Å². The Hall–Kier alpha value is -4.72. The summed E-state index contributed by atoms with van der Waals surface area (Å²) in [6.45, 7) is 11.3. The van der Waals surface area contributed by atoms with E-state index in [-0.39, 0.29) is 60.6 Å². The summed E-state index contributed by atoms with van der Waals surface area (Å²) in [5, 5.41) is 9.97. The average molecular weight is 1150 g/mol. The number of aliphatic carboxylic acids is 1. The lowest BCUT2D eigenvalue weighted by Crippen LogP contribution is -2.47. The average Bonchev–Trinajstić information content (AvgIpc) is 3.85. The predicted octanol–water partition coefficient (Wildman–Crippen LogP) is 6.51. The van der Waals surface area contributed by atoms with E-state index in [0.717, 1.165) is 54.1 Å². The largest absolute Gasteiger partial charge is 0.778 e. The Balaban J connectivity index is 0.000000266. The molecule has 1 aromatic heterocycles. The van der Waals surface area contributed by atoms with Crippen molar-refractivity contribution in [1.82, 2.24) is 14.3 Å². The SMILES string of the molecule is C#CCN1C(=O)COc2cc(F)c(/N=c3\snc4n3CC(C)(C)C4)cc21.CC1COc2ccccc2N1C(=O)C(Cl)Cl.CCc1cccc(CC)c1N(COC)C(=O)CCl.C[S+](C)C.O=C(O)CNCP(=O)([O-])O. The summed E-state index contributed by atoms with van der Waals surface area (Å²) >= 11 is 18.2. The van der Waals surface area contributed by atoms with E-state index >= 15 is 0 Å². The third-order valence-electron chi connectivity index (χ3n) is 10.4. The lowest BCUT2D eigenvalue weighted by atomic mass is 9.92. The minimum atomic E-state index is -4.35. The second-order valence-corrected chi connectivity index (χ2v) is 23.8. The Morgan fingerprint density at radius 3 is 2.30 bits per heavy atom. The monoisotopic (exact) mass is 1150 g/mol. The van der Waals surface area contributed by atoms with Crippen molar-refractivity contribution in [3.05, 3.63) is 82.2 Å². The van der Waals surface area contributed by atoms with Crippen molar-refractivity contribution in [2.24, 2.45) is 10.4 Å². The topological polar surface area (TPSA) is 228 Å². The first-order valence-corrected chi connectivity index (χ1v) is 29.3. The van der Waals surface area contributed by atoms with Gasteiger partial charge in [0.2, 0.25) is 10.7 Å². The number of aryl methyl sites for hydroxylation is 2. The normalized spacial score (nSPS) is 15.8. The van der Waals surface area contributed by atoms with E-state index in [9.17, 15) is 33.0 Å². The first-order chi connectivity index (χ1) is 34.8. The molecular weight excluding hydrogens is 1080 g/mol. The molecule has 0 aliphatic carbocycles. The Bertz CT molecular complexity index is 2690. The van der Waals surface area contributed by atoms with E-state index in [4.69, 9.17) is 65.4 Å². The van der Waals surface area contributed by atoms with Crippen LogP contribution in [0, 0.1) is 23.6 Å². The Kier molecular flexibility index (Phi) is 25.9. The molecule has 3 aliphatic rings. The number of fused-ring (bicyclic) bond motifs is 3. The lowest BCUT2D eigenvalue weighted by Gasteiger charge is -2.35. The number of para-hydroxylation sites is 3. The van der Waals surface area contributed by atoms with Crippen molar-refractivity contribution in [3.8, 4) is 23.8 Å². The minimum Gasteiger partial charge on any atom is -0.778 e. The number of methoxy groups -OCH3 is 1. The molecule has 0 saturated carbocycles. The van der Waals surface area contributed by atoms with Gasteiger partial charge in [-0.1, -0.05) is 87.1 Å². The van der Waals surface area contributed by atoms with Crippen LogP contribution in [0.3, 0.4) is 0 Å². The van der Waals surface area contributed by atoms with Gasteiger partial charge in [-0.3, -0.25) is 34.3 Å². The number of terminal acetylenes is 1. The standard InChI is InChI=1S/C18H17FN4O2S.C14H20ClNO2.C11H11Cl2NO2.C3H8NO5P.C3H9S/c1-4-5-22-13-7-12(11(19)6-14(13)25-9-16(22)24)20-17-23-10-18(2,3)8-15(23)21-26-17;1-4-11-7-6-8-12(5-2)14(11)16(10-18-3)13(17)9-15;1-7-6-16-9-5-3-2-4-8(9)14(7)11(15)10(12)13;5-3(6)1-4-2-10(7,8)9;1-4(2)3/h1,6-7H,5,8-10H2,2-3H3;6-8H,4-5,9-10H2,1-3H3;2-5,7,10H,6H2,1H3;4H,1-2H2,(H,5,6)(H2,7,8,9);1-3H3/q;;;;+1/p-1/b20-17-;;;;. The number of anilines is 3. The molecule has 0 fully saturated rings. The van der Waals surface area contributed by atoms with E-state index in [2.05, 4.69) is 61.7 Å². The van der Waals surface area contributed by atoms with Gasteiger partial charge in [0, 0.05) is 37.7 Å². The van der Waals surface area contributed by atoms with E-state index in [1.807, 2.05) is 59.3 Å². The highest BCUT2D eigenvalue weighted by atomic mass is 35.5. The number of amides is 3. The summed E-state index contributed by atoms with van der Waals surface area (Å²) in [6.07, 6.45) is 13.8. The molecule has 3 amide bonds. The maximum Gasteiger partial charge on any atom is 0.317 e. The number of hydrogen-bond donors (Lipinski definition) is 3. The number of hydrogen-bond acceptors (Lipinski definition) is 13. The number of nitrogens with one attached hydrogen (secondary N) is 1. The summed E-state index contributed by atoms with van der Waals surface area (Å²) in [6, 6.07) is 16.1. The molecule has 3 N–H and O–H groups in total. The van der Waals surface area contributed by atoms with E-state index < -0.39 is 37.0 Å². The summed E-state index contributed by atoms with van der Waals surface area (Å²) in [7, 11) is -2.13. The Morgan fingerprint density at radius 2 is 1.74 bits per heavy atom. The van der Waals surface area contributed by atoms with Crippen LogP contribution in [0.15, 0.2) is 59.6 Å². The molecule has 0 radical (unpaired) electrons. The lowest BCUT2D eigenvalue weighted by molar-refractivity contribution is -0.193. The molecule has 3 aliphatic heterocycles. The van der Waals surface area contributed by atoms with Gasteiger partial charge in [-0.25, -0.2) is 9.38 Å². The number of carboxylic acids is 1. The van der Waals surface area contributed by atoms with Gasteiger partial charge < -0.3 is 43.1 Å². The zero-order chi connectivity index (χ0) is 55.5. The molecular formula is C49H64Cl3FN7O11PS2. The second kappa shape index (κ2) is 30.1. The molecule has 2 unspecified atom stereocenters. The molecule has 7 rings (SSSR count). The van der Waals surface area contributed by atoms with Crippen molar-refractivity contribution in [1.29, 1.82) is 0 Å². The fourth-order valence-corrected chi connectivity index (χ4v) is 8.82. The highest BCUT2D eigenvalue weighted by Crippen LogP contribution is 2.38. The maximum absolute atomic E-state index is 14.5. The Labute approximate surface area is 453 Å². The van der Waals surface area contributed by atoms with Gasteiger partial charge in [0.25, 0.3) is 11.8 Å². The van der Waals surface area contributed by atoms with Crippen molar-refractivity contribution in [3.63, 3.8) is 0 Å². The summed E-state index contributed by atoms with van der Waals surface area (Å²) in [4.78, 5) is 72.3. The number of rotatable bonds is 13. The Morgan fingerprint density at radius 1 is 1.11 bits per heavy atom. The third kappa shape index (κ3) is 19.1. The molecule has 4 heterocycles. The number of carbonyl (C=O) groups is 4. The number of ether oxygens (including phenoxy) is 3. The fourth-order valence-electron chi connectivity index (χ4n) is 7.32. The van der Waals surface area contributed by atoms with Gasteiger partial charge in [0.05, 0.1) is 61.2 Å². The van der Waals surface area contributed by atoms with Gasteiger partial charge in [-0.05, 0) is 65.4 Å². The van der Waals surface area contributed by atoms with Crippen LogP contribution in [-0.4, -0.2) is 125 Å². The van der Waals surface area contributed by atoms with Gasteiger partial charge in [-0.2, -0.15) is 4.37 Å². The smallest absolute Gasteiger partial charge is 0.317 e. The second-order valence-electron chi connectivity index (χ2n) is 17.6. The molecule has 3 aromatic carbocycles. The fraction of sp³-hybridized carbons (Fsp3) is 0.469. The summed E-state index contributed by atoms with van der Waals surface area (Å²) in [5.74, 6) is 1.95. The van der Waals surface area contributed by atoms with Crippen LogP contribution >= 0.6 is 53.9 Å². The van der Waals surface area contributed by atoms with Crippen LogP contribution in [0.1, 0.15) is 51.6 Å². The number of nitrogens with zero attached hydrogens (tertiary/aromatic N) is 6. The van der Waals surface area contributed by atoms with E-state index in [0.29, 0.717) is 39.5 Å². The third-order valence-corrected chi connectivity index (χ3v) is 12.4. The molecule has 406 valence electrons. The molecule has 18 nitrogen and oxygen atoms in total. The molecule has 0 saturated heterocycles. The van der Waals surface area contributed by atoms with Gasteiger partial charge in [-0.15, -0.1) is 18.0 Å². The zero-order valence-corrected chi connectivity index (χ0v) is 47.5. The highest BCUT2D eigenvalue weighted by molar-refractivity contribution is 7.94. The van der Waals surface area contributed by atoms with Crippen LogP contribution in [0.5, 0.6) is 11.5 Å². The molecule has 2 atom stereocenters. The van der Waals surface area contributed by atoms with Gasteiger partial charge >= 0.3 is 5.97 Å². The van der Waals surface area contributed by atoms with Crippen LogP contribution in [-0.2, 0) is 65.2 Å². The predicted molar refractivity (Wildman–Crippen MR) is 291 cm³/mol.